The monoisotopic (exact) mass is 247 g/mol. The second-order valence-corrected chi connectivity index (χ2v) is 3.68. The Labute approximate surface area is 84.9 Å². The van der Waals surface area contributed by atoms with Crippen molar-refractivity contribution in [2.24, 2.45) is 0 Å². The molecule has 0 heterocycles. The van der Waals surface area contributed by atoms with Crippen molar-refractivity contribution in [3.8, 4) is 5.75 Å². The molecule has 0 radical (unpaired) electrons. The lowest BCUT2D eigenvalue weighted by Crippen LogP contribution is -2.07. The van der Waals surface area contributed by atoms with Crippen LogP contribution in [0.25, 0.3) is 0 Å². The molecule has 2 nitrogen and oxygen atoms in total. The quantitative estimate of drug-likeness (QED) is 0.841. The van der Waals surface area contributed by atoms with E-state index in [2.05, 4.69) is 21.2 Å². The number of hydrogen-bond donors (Lipinski definition) is 2. The fourth-order valence-electron chi connectivity index (χ4n) is 1.15. The van der Waals surface area contributed by atoms with E-state index in [1.165, 1.54) is 6.07 Å². The van der Waals surface area contributed by atoms with Crippen molar-refractivity contribution in [2.75, 3.05) is 7.05 Å². The summed E-state index contributed by atoms with van der Waals surface area (Å²) in [6.45, 7) is 2.28. The van der Waals surface area contributed by atoms with Crippen LogP contribution in [-0.4, -0.2) is 12.2 Å². The van der Waals surface area contributed by atoms with Gasteiger partial charge in [0.1, 0.15) is 0 Å². The summed E-state index contributed by atoms with van der Waals surface area (Å²) in [4.78, 5) is 0. The third-order valence-corrected chi connectivity index (χ3v) is 2.75. The molecule has 0 saturated carbocycles. The summed E-state index contributed by atoms with van der Waals surface area (Å²) in [5, 5.41) is 12.3. The van der Waals surface area contributed by atoms with Gasteiger partial charge in [0.25, 0.3) is 0 Å². The van der Waals surface area contributed by atoms with Crippen molar-refractivity contribution in [1.82, 2.24) is 5.32 Å². The Balaban J connectivity index is 3.28. The van der Waals surface area contributed by atoms with E-state index in [9.17, 15) is 9.50 Å². The van der Waals surface area contributed by atoms with Crippen molar-refractivity contribution >= 4 is 15.9 Å². The lowest BCUT2D eigenvalue weighted by Gasteiger charge is -2.10. The van der Waals surface area contributed by atoms with Crippen LogP contribution < -0.4 is 5.32 Å². The van der Waals surface area contributed by atoms with Crippen LogP contribution in [0.15, 0.2) is 10.5 Å². The van der Waals surface area contributed by atoms with Gasteiger partial charge in [-0.2, -0.15) is 0 Å². The van der Waals surface area contributed by atoms with Gasteiger partial charge in [0, 0.05) is 16.6 Å². The highest BCUT2D eigenvalue weighted by Crippen LogP contribution is 2.30. The summed E-state index contributed by atoms with van der Waals surface area (Å²) < 4.78 is 13.7. The van der Waals surface area contributed by atoms with Crippen molar-refractivity contribution < 1.29 is 9.50 Å². The van der Waals surface area contributed by atoms with E-state index in [1.807, 2.05) is 6.92 Å². The van der Waals surface area contributed by atoms with Crippen LogP contribution in [0.2, 0.25) is 0 Å². The van der Waals surface area contributed by atoms with E-state index in [0.717, 1.165) is 5.56 Å². The molecule has 0 aromatic heterocycles. The van der Waals surface area contributed by atoms with E-state index in [4.69, 9.17) is 0 Å². The van der Waals surface area contributed by atoms with Gasteiger partial charge >= 0.3 is 0 Å². The Morgan fingerprint density at radius 3 is 2.77 bits per heavy atom. The molecule has 0 aliphatic carbocycles. The first-order valence-electron chi connectivity index (χ1n) is 3.89. The standard InChI is InChI=1S/C9H11BrFNO/c1-5-6(4-12-2)9(13)8(11)3-7(5)10/h3,12-13H,4H2,1-2H3. The van der Waals surface area contributed by atoms with Gasteiger partial charge in [-0.15, -0.1) is 0 Å². The van der Waals surface area contributed by atoms with Crippen LogP contribution in [0.1, 0.15) is 11.1 Å². The van der Waals surface area contributed by atoms with E-state index < -0.39 is 5.82 Å². The SMILES string of the molecule is CNCc1c(C)c(Br)cc(F)c1O. The van der Waals surface area contributed by atoms with Gasteiger partial charge in [0.15, 0.2) is 11.6 Å². The fourth-order valence-corrected chi connectivity index (χ4v) is 1.59. The largest absolute Gasteiger partial charge is 0.505 e. The molecular formula is C9H11BrFNO. The first kappa shape index (κ1) is 10.5. The first-order valence-corrected chi connectivity index (χ1v) is 4.68. The predicted molar refractivity (Wildman–Crippen MR) is 53.3 cm³/mol. The Bertz CT molecular complexity index is 302. The lowest BCUT2D eigenvalue weighted by molar-refractivity contribution is 0.423. The second kappa shape index (κ2) is 4.07. The third kappa shape index (κ3) is 2.00. The van der Waals surface area contributed by atoms with Crippen LogP contribution in [-0.2, 0) is 6.54 Å². The predicted octanol–water partition coefficient (Wildman–Crippen LogP) is 2.32. The number of rotatable bonds is 2. The summed E-state index contributed by atoms with van der Waals surface area (Å²) >= 11 is 3.22. The summed E-state index contributed by atoms with van der Waals surface area (Å²) in [5.41, 5.74) is 1.45. The molecule has 4 heteroatoms. The summed E-state index contributed by atoms with van der Waals surface area (Å²) in [6.07, 6.45) is 0. The molecule has 0 aliphatic rings. The molecular weight excluding hydrogens is 237 g/mol. The van der Waals surface area contributed by atoms with Gasteiger partial charge in [-0.05, 0) is 25.6 Å². The lowest BCUT2D eigenvalue weighted by atomic mass is 10.1. The molecule has 2 N–H and O–H groups in total. The highest BCUT2D eigenvalue weighted by molar-refractivity contribution is 9.10. The number of nitrogens with one attached hydrogen (secondary N) is 1. The smallest absolute Gasteiger partial charge is 0.166 e. The average Bonchev–Trinajstić information content (AvgIpc) is 2.09. The van der Waals surface area contributed by atoms with Gasteiger partial charge in [0.2, 0.25) is 0 Å². The number of phenolic OH excluding ortho intramolecular Hbond substituents is 1. The van der Waals surface area contributed by atoms with E-state index in [1.54, 1.807) is 7.05 Å². The van der Waals surface area contributed by atoms with Crippen molar-refractivity contribution in [1.29, 1.82) is 0 Å². The number of phenols is 1. The minimum absolute atomic E-state index is 0.268. The van der Waals surface area contributed by atoms with Gasteiger partial charge in [-0.3, -0.25) is 0 Å². The molecule has 0 fully saturated rings. The average molecular weight is 248 g/mol. The highest BCUT2D eigenvalue weighted by Gasteiger charge is 2.12. The molecule has 1 aromatic rings. The number of halogens is 2. The van der Waals surface area contributed by atoms with E-state index in [-0.39, 0.29) is 5.75 Å². The number of benzene rings is 1. The molecule has 72 valence electrons. The van der Waals surface area contributed by atoms with E-state index >= 15 is 0 Å². The summed E-state index contributed by atoms with van der Waals surface area (Å²) in [5.74, 6) is -0.863. The maximum atomic E-state index is 13.0. The maximum absolute atomic E-state index is 13.0. The van der Waals surface area contributed by atoms with Crippen LogP contribution in [0.5, 0.6) is 5.75 Å². The van der Waals surface area contributed by atoms with Crippen LogP contribution in [0, 0.1) is 12.7 Å². The highest BCUT2D eigenvalue weighted by atomic mass is 79.9. The Kier molecular flexibility index (Phi) is 3.27. The van der Waals surface area contributed by atoms with Crippen molar-refractivity contribution in [3.63, 3.8) is 0 Å². The van der Waals surface area contributed by atoms with Gasteiger partial charge in [-0.25, -0.2) is 4.39 Å². The molecule has 0 atom stereocenters. The van der Waals surface area contributed by atoms with Crippen molar-refractivity contribution in [2.45, 2.75) is 13.5 Å². The second-order valence-electron chi connectivity index (χ2n) is 2.82. The molecule has 0 amide bonds. The van der Waals surface area contributed by atoms with Crippen LogP contribution in [0.3, 0.4) is 0 Å². The Hall–Kier alpha value is -0.610. The van der Waals surface area contributed by atoms with Crippen LogP contribution in [0.4, 0.5) is 4.39 Å². The molecule has 0 saturated heterocycles. The van der Waals surface area contributed by atoms with Gasteiger partial charge < -0.3 is 10.4 Å². The molecule has 1 aromatic carbocycles. The first-order chi connectivity index (χ1) is 6.07. The summed E-state index contributed by atoms with van der Waals surface area (Å²) in [6, 6.07) is 1.27. The Morgan fingerprint density at radius 1 is 1.62 bits per heavy atom. The normalized spacial score (nSPS) is 10.5. The molecule has 13 heavy (non-hydrogen) atoms. The summed E-state index contributed by atoms with van der Waals surface area (Å²) in [7, 11) is 1.75. The van der Waals surface area contributed by atoms with E-state index in [0.29, 0.717) is 16.6 Å². The van der Waals surface area contributed by atoms with Crippen LogP contribution >= 0.6 is 15.9 Å². The zero-order chi connectivity index (χ0) is 10.0. The fraction of sp³-hybridized carbons (Fsp3) is 0.333. The zero-order valence-electron chi connectivity index (χ0n) is 7.49. The molecule has 0 spiro atoms. The molecule has 0 aliphatic heterocycles. The minimum Gasteiger partial charge on any atom is -0.505 e. The Morgan fingerprint density at radius 2 is 2.23 bits per heavy atom. The number of hydrogen-bond acceptors (Lipinski definition) is 2. The third-order valence-electron chi connectivity index (χ3n) is 1.93. The zero-order valence-corrected chi connectivity index (χ0v) is 9.07. The molecule has 1 rings (SSSR count). The van der Waals surface area contributed by atoms with Gasteiger partial charge in [-0.1, -0.05) is 15.9 Å². The van der Waals surface area contributed by atoms with Gasteiger partial charge in [0.05, 0.1) is 0 Å². The molecule has 0 bridgehead atoms. The van der Waals surface area contributed by atoms with Crippen molar-refractivity contribution in [3.05, 3.63) is 27.5 Å². The minimum atomic E-state index is -0.595. The maximum Gasteiger partial charge on any atom is 0.166 e. The topological polar surface area (TPSA) is 32.3 Å². The molecule has 0 unspecified atom stereocenters. The number of aromatic hydroxyl groups is 1.